The van der Waals surface area contributed by atoms with Crippen LogP contribution in [-0.2, 0) is 29.0 Å². The van der Waals surface area contributed by atoms with Gasteiger partial charge in [0.05, 0.1) is 20.1 Å². The average Bonchev–Trinajstić information content (AvgIpc) is 2.96. The molecule has 1 fully saturated rings. The molecule has 1 saturated heterocycles. The Morgan fingerprint density at radius 1 is 1.00 bits per heavy atom. The Morgan fingerprint density at radius 3 is 2.61 bits per heavy atom. The Hall–Kier alpha value is -4.27. The summed E-state index contributed by atoms with van der Waals surface area (Å²) in [5.41, 5.74) is 4.98. The number of ether oxygens (including phenoxy) is 2. The van der Waals surface area contributed by atoms with Crippen LogP contribution in [-0.4, -0.2) is 49.7 Å². The summed E-state index contributed by atoms with van der Waals surface area (Å²) >= 11 is 0. The highest BCUT2D eigenvalue weighted by Crippen LogP contribution is 2.48. The molecule has 2 N–H and O–H groups in total. The number of hydrogen-bond acceptors (Lipinski definition) is 6. The number of hydrogen-bond donors (Lipinski definition) is 2. The second kappa shape index (κ2) is 11.0. The lowest BCUT2D eigenvalue weighted by atomic mass is 9.69. The van der Waals surface area contributed by atoms with E-state index in [1.54, 1.807) is 20.3 Å². The van der Waals surface area contributed by atoms with E-state index in [2.05, 4.69) is 21.6 Å². The largest absolute Gasteiger partial charge is 0.493 e. The summed E-state index contributed by atoms with van der Waals surface area (Å²) in [6.07, 6.45) is 2.17. The molecule has 41 heavy (non-hydrogen) atoms. The van der Waals surface area contributed by atoms with E-state index in [0.717, 1.165) is 41.2 Å². The molecule has 3 aliphatic heterocycles. The van der Waals surface area contributed by atoms with Crippen molar-refractivity contribution in [3.05, 3.63) is 81.8 Å². The zero-order valence-corrected chi connectivity index (χ0v) is 23.7. The second-order valence-electron chi connectivity index (χ2n) is 11.3. The number of amides is 2. The minimum Gasteiger partial charge on any atom is -0.493 e. The molecule has 0 spiro atoms. The van der Waals surface area contributed by atoms with Crippen molar-refractivity contribution < 1.29 is 19.1 Å². The number of carbonyl (C=O) groups excluding carboxylic acids is 2. The van der Waals surface area contributed by atoms with Gasteiger partial charge in [-0.2, -0.15) is 0 Å². The number of nitrogens with zero attached hydrogens (tertiary/aromatic N) is 2. The minimum absolute atomic E-state index is 0.00454. The van der Waals surface area contributed by atoms with Crippen molar-refractivity contribution >= 4 is 23.2 Å². The Bertz CT molecular complexity index is 1550. The van der Waals surface area contributed by atoms with Crippen LogP contribution in [0, 0.1) is 11.8 Å². The Balaban J connectivity index is 1.29. The third-order valence-electron chi connectivity index (χ3n) is 8.78. The number of aromatic nitrogens is 1. The highest BCUT2D eigenvalue weighted by molar-refractivity contribution is 5.89. The minimum atomic E-state index is -0.312. The zero-order valence-electron chi connectivity index (χ0n) is 23.7. The van der Waals surface area contributed by atoms with Crippen molar-refractivity contribution in [1.29, 1.82) is 0 Å². The van der Waals surface area contributed by atoms with Gasteiger partial charge in [-0.15, -0.1) is 0 Å². The first-order valence-corrected chi connectivity index (χ1v) is 14.2. The molecule has 4 atom stereocenters. The zero-order chi connectivity index (χ0) is 28.7. The lowest BCUT2D eigenvalue weighted by molar-refractivity contribution is -0.126. The molecular formula is C32H36N4O5. The number of methoxy groups -OCH3 is 2. The summed E-state index contributed by atoms with van der Waals surface area (Å²) in [4.78, 5) is 40.9. The number of nitrogens with one attached hydrogen (secondary N) is 2. The highest BCUT2D eigenvalue weighted by atomic mass is 16.5. The van der Waals surface area contributed by atoms with Crippen molar-refractivity contribution in [2.75, 3.05) is 37.5 Å². The van der Waals surface area contributed by atoms with Crippen LogP contribution in [0.5, 0.6) is 11.5 Å². The van der Waals surface area contributed by atoms with Crippen molar-refractivity contribution in [2.45, 2.75) is 44.7 Å². The van der Waals surface area contributed by atoms with E-state index in [4.69, 9.17) is 9.47 Å². The van der Waals surface area contributed by atoms with Crippen molar-refractivity contribution in [2.24, 2.45) is 11.8 Å². The molecule has 2 bridgehead atoms. The molecule has 0 saturated carbocycles. The molecular weight excluding hydrogens is 520 g/mol. The lowest BCUT2D eigenvalue weighted by Gasteiger charge is -2.54. The van der Waals surface area contributed by atoms with Gasteiger partial charge in [0.15, 0.2) is 11.5 Å². The van der Waals surface area contributed by atoms with Crippen LogP contribution in [0.1, 0.15) is 36.1 Å². The first kappa shape index (κ1) is 26.9. The number of anilines is 2. The Kier molecular flexibility index (Phi) is 7.19. The Morgan fingerprint density at radius 2 is 1.83 bits per heavy atom. The van der Waals surface area contributed by atoms with Crippen molar-refractivity contribution in [3.63, 3.8) is 0 Å². The van der Waals surface area contributed by atoms with E-state index in [1.165, 1.54) is 6.92 Å². The quantitative estimate of drug-likeness (QED) is 0.463. The standard InChI is InChI=1S/C32H36N4O5/c1-19(37)34-23-8-9-26-22(15-23)16-25(32(39)33-12-11-20-7-10-28(40-2)29(14-20)41-3)31-24-13-21(18-36(26)31)17-35-27(24)5-4-6-30(35)38/h4-10,14-15,21,24-25,31H,11-13,16-18H2,1-3H3,(H,33,39)(H,34,37)/t21-,24+,25?,31?/m0/s1. The highest BCUT2D eigenvalue weighted by Gasteiger charge is 2.49. The molecule has 4 heterocycles. The number of benzene rings is 2. The van der Waals surface area contributed by atoms with Gasteiger partial charge in [0.25, 0.3) is 5.56 Å². The monoisotopic (exact) mass is 556 g/mol. The van der Waals surface area contributed by atoms with Gasteiger partial charge in [0.2, 0.25) is 11.8 Å². The molecule has 214 valence electrons. The average molecular weight is 557 g/mol. The number of piperidine rings is 1. The van der Waals surface area contributed by atoms with Gasteiger partial charge >= 0.3 is 0 Å². The second-order valence-corrected chi connectivity index (χ2v) is 11.3. The summed E-state index contributed by atoms with van der Waals surface area (Å²) < 4.78 is 12.7. The maximum atomic E-state index is 14.0. The van der Waals surface area contributed by atoms with Gasteiger partial charge in [-0.3, -0.25) is 14.4 Å². The van der Waals surface area contributed by atoms with Crippen LogP contribution in [0.3, 0.4) is 0 Å². The predicted octanol–water partition coefficient (Wildman–Crippen LogP) is 3.35. The van der Waals surface area contributed by atoms with Crippen LogP contribution in [0.25, 0.3) is 0 Å². The first-order chi connectivity index (χ1) is 19.9. The fourth-order valence-electron chi connectivity index (χ4n) is 7.10. The lowest BCUT2D eigenvalue weighted by Crippen LogP contribution is -2.60. The number of fused-ring (bicyclic) bond motifs is 8. The van der Waals surface area contributed by atoms with E-state index in [9.17, 15) is 14.4 Å². The number of carbonyl (C=O) groups is 2. The van der Waals surface area contributed by atoms with Crippen LogP contribution >= 0.6 is 0 Å². The van der Waals surface area contributed by atoms with Crippen molar-refractivity contribution in [3.8, 4) is 11.5 Å². The van der Waals surface area contributed by atoms with E-state index >= 15 is 0 Å². The topological polar surface area (TPSA) is 102 Å². The molecule has 2 aromatic carbocycles. The van der Waals surface area contributed by atoms with E-state index < -0.39 is 0 Å². The van der Waals surface area contributed by atoms with Gasteiger partial charge in [-0.1, -0.05) is 12.1 Å². The Labute approximate surface area is 239 Å². The van der Waals surface area contributed by atoms with Gasteiger partial charge in [0.1, 0.15) is 0 Å². The fourth-order valence-corrected chi connectivity index (χ4v) is 7.10. The molecule has 3 aromatic rings. The maximum absolute atomic E-state index is 14.0. The molecule has 6 rings (SSSR count). The molecule has 3 aliphatic rings. The molecule has 0 aliphatic carbocycles. The number of rotatable bonds is 7. The molecule has 9 heteroatoms. The summed E-state index contributed by atoms with van der Waals surface area (Å²) in [5, 5.41) is 6.10. The third kappa shape index (κ3) is 5.05. The van der Waals surface area contributed by atoms with E-state index in [0.29, 0.717) is 43.3 Å². The maximum Gasteiger partial charge on any atom is 0.250 e. The predicted molar refractivity (Wildman–Crippen MR) is 157 cm³/mol. The summed E-state index contributed by atoms with van der Waals surface area (Å²) in [6.45, 7) is 3.45. The molecule has 2 amide bonds. The molecule has 1 aromatic heterocycles. The molecule has 2 unspecified atom stereocenters. The SMILES string of the molecule is COc1ccc(CCNC(=O)C2Cc3cc(NC(C)=O)ccc3N3C[C@H]4C[C@H](c5cccc(=O)n5C4)C23)cc1OC. The van der Waals surface area contributed by atoms with Crippen LogP contribution in [0.4, 0.5) is 11.4 Å². The summed E-state index contributed by atoms with van der Waals surface area (Å²) in [6, 6.07) is 17.2. The van der Waals surface area contributed by atoms with Crippen LogP contribution in [0.15, 0.2) is 59.4 Å². The molecule has 9 nitrogen and oxygen atoms in total. The fraction of sp³-hybridized carbons (Fsp3) is 0.406. The van der Waals surface area contributed by atoms with Crippen molar-refractivity contribution in [1.82, 2.24) is 9.88 Å². The number of pyridine rings is 1. The van der Waals surface area contributed by atoms with Gasteiger partial charge < -0.3 is 29.6 Å². The first-order valence-electron chi connectivity index (χ1n) is 14.2. The third-order valence-corrected chi connectivity index (χ3v) is 8.78. The smallest absolute Gasteiger partial charge is 0.250 e. The van der Waals surface area contributed by atoms with E-state index in [-0.39, 0.29) is 35.3 Å². The molecule has 0 radical (unpaired) electrons. The van der Waals surface area contributed by atoms with Gasteiger partial charge in [0, 0.05) is 61.7 Å². The van der Waals surface area contributed by atoms with Gasteiger partial charge in [-0.25, -0.2) is 0 Å². The normalized spacial score (nSPS) is 22.1. The summed E-state index contributed by atoms with van der Waals surface area (Å²) in [5.74, 6) is 1.28. The van der Waals surface area contributed by atoms with Crippen LogP contribution in [0.2, 0.25) is 0 Å². The summed E-state index contributed by atoms with van der Waals surface area (Å²) in [7, 11) is 3.22. The van der Waals surface area contributed by atoms with Crippen LogP contribution < -0.4 is 30.6 Å². The van der Waals surface area contributed by atoms with Gasteiger partial charge in [-0.05, 0) is 72.7 Å². The van der Waals surface area contributed by atoms with E-state index in [1.807, 2.05) is 47.0 Å².